The molecule has 2 aromatic carbocycles. The lowest BCUT2D eigenvalue weighted by Gasteiger charge is -2.46. The Morgan fingerprint density at radius 1 is 1.00 bits per heavy atom. The maximum absolute atomic E-state index is 12.0. The predicted octanol–water partition coefficient (Wildman–Crippen LogP) is 4.18. The van der Waals surface area contributed by atoms with E-state index in [0.29, 0.717) is 5.75 Å². The molecule has 2 N–H and O–H groups in total. The van der Waals surface area contributed by atoms with E-state index in [2.05, 4.69) is 0 Å². The largest absolute Gasteiger partial charge is 0.507 e. The van der Waals surface area contributed by atoms with Crippen molar-refractivity contribution in [3.63, 3.8) is 0 Å². The van der Waals surface area contributed by atoms with Crippen molar-refractivity contribution in [2.24, 2.45) is 5.41 Å². The Balaban J connectivity index is 2.59. The van der Waals surface area contributed by atoms with Crippen LogP contribution < -0.4 is 9.47 Å². The zero-order valence-electron chi connectivity index (χ0n) is 15.8. The third kappa shape index (κ3) is 3.83. The number of rotatable bonds is 6. The quantitative estimate of drug-likeness (QED) is 0.598. The Bertz CT molecular complexity index is 762. The second-order valence-corrected chi connectivity index (χ2v) is 7.32. The Morgan fingerprint density at radius 3 is 2.12 bits per heavy atom. The topological polar surface area (TPSA) is 76.0 Å². The third-order valence-electron chi connectivity index (χ3n) is 4.23. The van der Waals surface area contributed by atoms with E-state index in [0.717, 1.165) is 0 Å². The number of hydrogen-bond acceptors (Lipinski definition) is 5. The van der Waals surface area contributed by atoms with Gasteiger partial charge in [0, 0.05) is 5.41 Å². The van der Waals surface area contributed by atoms with Crippen LogP contribution in [0.15, 0.2) is 48.5 Å². The average Bonchev–Trinajstić information content (AvgIpc) is 2.53. The van der Waals surface area contributed by atoms with Crippen molar-refractivity contribution >= 4 is 5.78 Å². The Hall–Kier alpha value is -2.53. The molecule has 0 heterocycles. The van der Waals surface area contributed by atoms with Crippen LogP contribution in [-0.4, -0.2) is 27.9 Å². The van der Waals surface area contributed by atoms with Crippen LogP contribution in [0, 0.1) is 5.41 Å². The summed E-state index contributed by atoms with van der Waals surface area (Å²) < 4.78 is 12.3. The average molecular weight is 358 g/mol. The molecule has 0 saturated heterocycles. The van der Waals surface area contributed by atoms with E-state index in [4.69, 9.17) is 9.47 Å². The fourth-order valence-electron chi connectivity index (χ4n) is 2.91. The zero-order valence-corrected chi connectivity index (χ0v) is 15.8. The van der Waals surface area contributed by atoms with Gasteiger partial charge in [-0.15, -0.1) is 0 Å². The van der Waals surface area contributed by atoms with Crippen LogP contribution in [0.4, 0.5) is 0 Å². The summed E-state index contributed by atoms with van der Waals surface area (Å²) in [7, 11) is 0. The molecular weight excluding hydrogens is 332 g/mol. The molecule has 0 spiro atoms. The summed E-state index contributed by atoms with van der Waals surface area (Å²) in [4.78, 5) is 12.0. The molecule has 0 fully saturated rings. The first kappa shape index (κ1) is 19.8. The van der Waals surface area contributed by atoms with Crippen molar-refractivity contribution in [1.82, 2.24) is 0 Å². The summed E-state index contributed by atoms with van der Waals surface area (Å²) in [5.74, 6) is -1.33. The van der Waals surface area contributed by atoms with Crippen LogP contribution in [0.2, 0.25) is 0 Å². The van der Waals surface area contributed by atoms with Gasteiger partial charge in [0.1, 0.15) is 28.9 Å². The maximum Gasteiger partial charge on any atom is 0.281 e. The normalized spacial score (nSPS) is 15.0. The molecule has 0 aliphatic carbocycles. The van der Waals surface area contributed by atoms with Crippen molar-refractivity contribution in [3.8, 4) is 17.2 Å². The molecule has 140 valence electrons. The molecule has 2 atom stereocenters. The number of aliphatic hydroxyl groups excluding tert-OH is 1. The van der Waals surface area contributed by atoms with Crippen molar-refractivity contribution in [3.05, 3.63) is 54.1 Å². The van der Waals surface area contributed by atoms with Gasteiger partial charge in [0.15, 0.2) is 5.78 Å². The van der Waals surface area contributed by atoms with Crippen LogP contribution in [-0.2, 0) is 0 Å². The number of aliphatic hydroxyl groups is 1. The highest BCUT2D eigenvalue weighted by Crippen LogP contribution is 2.41. The SMILES string of the molecule is CC(=O)c1c(O)cccc1OC(Oc1ccccc1)(C(C)O)C(C)(C)C. The van der Waals surface area contributed by atoms with Crippen LogP contribution in [0.3, 0.4) is 0 Å². The third-order valence-corrected chi connectivity index (χ3v) is 4.23. The highest BCUT2D eigenvalue weighted by molar-refractivity contribution is 5.99. The molecule has 5 nitrogen and oxygen atoms in total. The van der Waals surface area contributed by atoms with Gasteiger partial charge < -0.3 is 19.7 Å². The highest BCUT2D eigenvalue weighted by atomic mass is 16.7. The molecule has 0 aliphatic heterocycles. The lowest BCUT2D eigenvalue weighted by Crippen LogP contribution is -2.60. The van der Waals surface area contributed by atoms with Gasteiger partial charge in [-0.05, 0) is 38.1 Å². The Labute approximate surface area is 154 Å². The minimum atomic E-state index is -1.49. The van der Waals surface area contributed by atoms with Crippen molar-refractivity contribution in [2.75, 3.05) is 0 Å². The Morgan fingerprint density at radius 2 is 1.62 bits per heavy atom. The molecule has 26 heavy (non-hydrogen) atoms. The van der Waals surface area contributed by atoms with Crippen molar-refractivity contribution in [1.29, 1.82) is 0 Å². The van der Waals surface area contributed by atoms with Crippen molar-refractivity contribution in [2.45, 2.75) is 46.5 Å². The summed E-state index contributed by atoms with van der Waals surface area (Å²) in [5, 5.41) is 20.7. The number of carbonyl (C=O) groups excluding carboxylic acids is 1. The van der Waals surface area contributed by atoms with E-state index in [1.54, 1.807) is 31.2 Å². The molecular formula is C21H26O5. The molecule has 5 heteroatoms. The Kier molecular flexibility index (Phi) is 5.62. The number of ether oxygens (including phenoxy) is 2. The number of Topliss-reactive ketones (excluding diaryl/α,β-unsaturated/α-hetero) is 1. The second kappa shape index (κ2) is 7.38. The van der Waals surface area contributed by atoms with E-state index in [-0.39, 0.29) is 22.8 Å². The lowest BCUT2D eigenvalue weighted by atomic mass is 9.81. The van der Waals surface area contributed by atoms with Crippen molar-refractivity contribution < 1.29 is 24.5 Å². The first-order valence-corrected chi connectivity index (χ1v) is 8.52. The minimum absolute atomic E-state index is 0.0541. The van der Waals surface area contributed by atoms with Gasteiger partial charge in [-0.2, -0.15) is 0 Å². The standard InChI is InChI=1S/C21H26O5/c1-14(22)19-17(24)12-9-13-18(19)26-21(15(2)23,20(3,4)5)25-16-10-7-6-8-11-16/h6-13,15,23-24H,1-5H3. The van der Waals surface area contributed by atoms with Gasteiger partial charge in [-0.25, -0.2) is 0 Å². The molecule has 0 bridgehead atoms. The molecule has 0 aliphatic rings. The molecule has 0 radical (unpaired) electrons. The first-order valence-electron chi connectivity index (χ1n) is 8.52. The van der Waals surface area contributed by atoms with Crippen LogP contribution in [0.5, 0.6) is 17.2 Å². The number of hydrogen-bond donors (Lipinski definition) is 2. The van der Waals surface area contributed by atoms with E-state index >= 15 is 0 Å². The van der Waals surface area contributed by atoms with Gasteiger partial charge in [-0.3, -0.25) is 4.79 Å². The number of phenols is 1. The zero-order chi connectivity index (χ0) is 19.5. The van der Waals surface area contributed by atoms with Gasteiger partial charge >= 0.3 is 0 Å². The number of benzene rings is 2. The fraction of sp³-hybridized carbons (Fsp3) is 0.381. The number of para-hydroxylation sites is 1. The number of ketones is 1. The smallest absolute Gasteiger partial charge is 0.281 e. The van der Waals surface area contributed by atoms with Gasteiger partial charge in [0.2, 0.25) is 0 Å². The monoisotopic (exact) mass is 358 g/mol. The van der Waals surface area contributed by atoms with Crippen LogP contribution in [0.1, 0.15) is 45.0 Å². The van der Waals surface area contributed by atoms with Gasteiger partial charge in [0.05, 0.1) is 0 Å². The van der Waals surface area contributed by atoms with Crippen LogP contribution >= 0.6 is 0 Å². The number of aromatic hydroxyl groups is 1. The molecule has 2 aromatic rings. The molecule has 0 amide bonds. The van der Waals surface area contributed by atoms with E-state index in [1.807, 2.05) is 39.0 Å². The molecule has 0 aromatic heterocycles. The fourth-order valence-corrected chi connectivity index (χ4v) is 2.91. The second-order valence-electron chi connectivity index (χ2n) is 7.32. The van der Waals surface area contributed by atoms with Gasteiger partial charge in [-0.1, -0.05) is 45.0 Å². The van der Waals surface area contributed by atoms with Crippen LogP contribution in [0.25, 0.3) is 0 Å². The molecule has 2 unspecified atom stereocenters. The summed E-state index contributed by atoms with van der Waals surface area (Å²) in [6.45, 7) is 8.54. The lowest BCUT2D eigenvalue weighted by molar-refractivity contribution is -0.239. The summed E-state index contributed by atoms with van der Waals surface area (Å²) in [6, 6.07) is 13.6. The van der Waals surface area contributed by atoms with E-state index < -0.39 is 17.3 Å². The first-order chi connectivity index (χ1) is 12.1. The van der Waals surface area contributed by atoms with Gasteiger partial charge in [0.25, 0.3) is 5.79 Å². The number of phenolic OH excluding ortho intramolecular Hbond substituents is 1. The van der Waals surface area contributed by atoms with E-state index in [9.17, 15) is 15.0 Å². The number of carbonyl (C=O) groups is 1. The summed E-state index contributed by atoms with van der Waals surface area (Å²) in [5.41, 5.74) is -0.616. The maximum atomic E-state index is 12.0. The summed E-state index contributed by atoms with van der Waals surface area (Å²) in [6.07, 6.45) is -1.04. The highest BCUT2D eigenvalue weighted by Gasteiger charge is 2.52. The minimum Gasteiger partial charge on any atom is -0.507 e. The van der Waals surface area contributed by atoms with E-state index in [1.165, 1.54) is 13.0 Å². The molecule has 2 rings (SSSR count). The summed E-state index contributed by atoms with van der Waals surface area (Å²) >= 11 is 0. The predicted molar refractivity (Wildman–Crippen MR) is 99.7 cm³/mol. The molecule has 0 saturated carbocycles.